The van der Waals surface area contributed by atoms with Gasteiger partial charge in [0, 0.05) is 0 Å². The number of phosphoric ester groups is 1. The number of imidazole rings is 1. The van der Waals surface area contributed by atoms with Crippen molar-refractivity contribution in [2.24, 2.45) is 0 Å². The van der Waals surface area contributed by atoms with E-state index in [1.807, 2.05) is 0 Å². The van der Waals surface area contributed by atoms with E-state index >= 15 is 4.39 Å². The molecule has 0 aliphatic carbocycles. The van der Waals surface area contributed by atoms with Crippen LogP contribution in [-0.2, 0) is 51.3 Å². The quantitative estimate of drug-likeness (QED) is 0.135. The summed E-state index contributed by atoms with van der Waals surface area (Å²) in [5.41, 5.74) is 2.88. The molecule has 244 valence electrons. The molecule has 0 unspecified atom stereocenters. The van der Waals surface area contributed by atoms with Crippen molar-refractivity contribution in [3.05, 3.63) is 25.3 Å². The second-order valence-electron chi connectivity index (χ2n) is 9.95. The smallest absolute Gasteiger partial charge is 0.432 e. The molecule has 18 nitrogen and oxygen atoms in total. The van der Waals surface area contributed by atoms with Crippen molar-refractivity contribution < 1.29 is 65.3 Å². The molecule has 0 radical (unpaired) electrons. The molecule has 20 heteroatoms. The first-order chi connectivity index (χ1) is 20.9. The molecule has 2 N–H and O–H groups in total. The number of nitrogens with zero attached hydrogens (tertiary/aromatic N) is 4. The number of hydrogen-bond acceptors (Lipinski definition) is 17. The van der Waals surface area contributed by atoms with Crippen molar-refractivity contribution >= 4 is 37.1 Å². The number of carbonyl (C=O) groups excluding carboxylic acids is 2. The van der Waals surface area contributed by atoms with Gasteiger partial charge >= 0.3 is 20.1 Å². The first kappa shape index (κ1) is 33.4. The predicted molar refractivity (Wildman–Crippen MR) is 143 cm³/mol. The zero-order valence-corrected chi connectivity index (χ0v) is 25.2. The van der Waals surface area contributed by atoms with Crippen LogP contribution < -0.4 is 5.73 Å². The number of alkyl halides is 1. The first-order valence-corrected chi connectivity index (χ1v) is 14.6. The number of carbonyl (C=O) groups is 2. The SMILES string of the molecule is C=C[C@@]12OCO[C@@H]1[C@@](CF)(COP(=O)(OCOC(=O)OC(C)C)OCOC(=O)OC(C)C)O[C@H]2n1cnc2c(N)ncnc21. The van der Waals surface area contributed by atoms with Gasteiger partial charge in [0.05, 0.1) is 25.1 Å². The zero-order chi connectivity index (χ0) is 32.1. The molecule has 0 saturated carbocycles. The highest BCUT2D eigenvalue weighted by atomic mass is 31.2. The summed E-state index contributed by atoms with van der Waals surface area (Å²) in [5.74, 6) is 0.0915. The Balaban J connectivity index is 1.56. The van der Waals surface area contributed by atoms with Gasteiger partial charge in [-0.05, 0) is 27.7 Å². The number of nitrogen functional groups attached to an aromatic ring is 1. The van der Waals surface area contributed by atoms with Gasteiger partial charge in [0.25, 0.3) is 0 Å². The lowest BCUT2D eigenvalue weighted by atomic mass is 9.87. The molecule has 0 aromatic carbocycles. The Kier molecular flexibility index (Phi) is 10.4. The van der Waals surface area contributed by atoms with Crippen molar-refractivity contribution in [3.8, 4) is 0 Å². The molecule has 2 saturated heterocycles. The van der Waals surface area contributed by atoms with Gasteiger partial charge in [-0.3, -0.25) is 9.09 Å². The number of aromatic nitrogens is 4. The molecule has 2 aromatic rings. The maximum absolute atomic E-state index is 15.0. The second-order valence-corrected chi connectivity index (χ2v) is 11.6. The van der Waals surface area contributed by atoms with Gasteiger partial charge in [0.15, 0.2) is 28.9 Å². The highest BCUT2D eigenvalue weighted by Crippen LogP contribution is 2.56. The molecule has 0 amide bonds. The summed E-state index contributed by atoms with van der Waals surface area (Å²) >= 11 is 0. The summed E-state index contributed by atoms with van der Waals surface area (Å²) in [6.45, 7) is 5.79. The molecular formula is C24H33FN5O13P. The van der Waals surface area contributed by atoms with Crippen molar-refractivity contribution in [1.29, 1.82) is 0 Å². The van der Waals surface area contributed by atoms with E-state index in [0.717, 1.165) is 0 Å². The van der Waals surface area contributed by atoms with Gasteiger partial charge in [0.2, 0.25) is 13.6 Å². The number of ether oxygens (including phenoxy) is 7. The average Bonchev–Trinajstić information content (AvgIpc) is 3.65. The fourth-order valence-corrected chi connectivity index (χ4v) is 5.38. The summed E-state index contributed by atoms with van der Waals surface area (Å²) in [4.78, 5) is 35.8. The third-order valence-electron chi connectivity index (χ3n) is 6.25. The van der Waals surface area contributed by atoms with E-state index in [2.05, 4.69) is 21.5 Å². The van der Waals surface area contributed by atoms with Crippen LogP contribution in [0.1, 0.15) is 33.9 Å². The van der Waals surface area contributed by atoms with E-state index in [9.17, 15) is 14.2 Å². The predicted octanol–water partition coefficient (Wildman–Crippen LogP) is 3.14. The molecule has 44 heavy (non-hydrogen) atoms. The molecule has 2 fully saturated rings. The summed E-state index contributed by atoms with van der Waals surface area (Å²) < 4.78 is 82.5. The first-order valence-electron chi connectivity index (χ1n) is 13.1. The molecule has 4 heterocycles. The third kappa shape index (κ3) is 6.93. The number of anilines is 1. The molecule has 2 aromatic heterocycles. The molecular weight excluding hydrogens is 616 g/mol. The molecule has 2 aliphatic rings. The standard InChI is InChI=1S/C24H33FN5O13P/c1-6-24-19(34-11-37-24)23(7-25,43-20(24)30-10-29-16-17(26)27-9-28-18(16)30)8-38-44(33,39-12-35-21(31)41-14(2)3)40-13-36-22(32)42-15(4)5/h6,9-10,14-15,19-20H,1,7-8,11-13H2,2-5H3,(H2,26,27,28)/t19-,20-,23-,24-/m1/s1. The van der Waals surface area contributed by atoms with Crippen LogP contribution in [0.5, 0.6) is 0 Å². The molecule has 4 rings (SSSR count). The van der Waals surface area contributed by atoms with Crippen molar-refractivity contribution in [1.82, 2.24) is 19.5 Å². The minimum absolute atomic E-state index is 0.0915. The van der Waals surface area contributed by atoms with Crippen LogP contribution in [0.4, 0.5) is 19.8 Å². The van der Waals surface area contributed by atoms with Gasteiger partial charge in [-0.2, -0.15) is 0 Å². The molecule has 2 aliphatic heterocycles. The zero-order valence-electron chi connectivity index (χ0n) is 24.3. The Labute approximate surface area is 250 Å². The average molecular weight is 650 g/mol. The number of hydrogen-bond donors (Lipinski definition) is 1. The summed E-state index contributed by atoms with van der Waals surface area (Å²) in [6.07, 6.45) is -1.80. The minimum Gasteiger partial charge on any atom is -0.432 e. The van der Waals surface area contributed by atoms with Gasteiger partial charge < -0.3 is 38.9 Å². The highest BCUT2D eigenvalue weighted by molar-refractivity contribution is 7.48. The van der Waals surface area contributed by atoms with E-state index in [-0.39, 0.29) is 23.8 Å². The van der Waals surface area contributed by atoms with Crippen molar-refractivity contribution in [2.75, 3.05) is 39.4 Å². The Hall–Kier alpha value is -3.45. The van der Waals surface area contributed by atoms with Gasteiger partial charge in [-0.25, -0.2) is 42.5 Å². The van der Waals surface area contributed by atoms with E-state index < -0.39 is 82.7 Å². The van der Waals surface area contributed by atoms with E-state index in [1.54, 1.807) is 27.7 Å². The number of fused-ring (bicyclic) bond motifs is 2. The third-order valence-corrected chi connectivity index (χ3v) is 7.54. The van der Waals surface area contributed by atoms with Crippen LogP contribution >= 0.6 is 7.82 Å². The van der Waals surface area contributed by atoms with Crippen molar-refractivity contribution in [2.45, 2.75) is 63.4 Å². The van der Waals surface area contributed by atoms with E-state index in [4.69, 9.17) is 52.5 Å². The van der Waals surface area contributed by atoms with Gasteiger partial charge in [0.1, 0.15) is 31.4 Å². The largest absolute Gasteiger partial charge is 0.510 e. The number of phosphoric acid groups is 1. The Morgan fingerprint density at radius 1 is 1.14 bits per heavy atom. The second kappa shape index (κ2) is 13.7. The maximum atomic E-state index is 15.0. The van der Waals surface area contributed by atoms with E-state index in [0.29, 0.717) is 0 Å². The monoisotopic (exact) mass is 649 g/mol. The van der Waals surface area contributed by atoms with E-state index in [1.165, 1.54) is 23.3 Å². The van der Waals surface area contributed by atoms with Crippen molar-refractivity contribution in [3.63, 3.8) is 0 Å². The highest BCUT2D eigenvalue weighted by Gasteiger charge is 2.69. The summed E-state index contributed by atoms with van der Waals surface area (Å²) in [5, 5.41) is 0. The van der Waals surface area contributed by atoms with Crippen LogP contribution in [0.25, 0.3) is 11.2 Å². The Bertz CT molecular complexity index is 1360. The number of halogens is 1. The van der Waals surface area contributed by atoms with Crippen LogP contribution in [0, 0.1) is 0 Å². The number of rotatable bonds is 14. The summed E-state index contributed by atoms with van der Waals surface area (Å²) in [7, 11) is -4.79. The fourth-order valence-electron chi connectivity index (χ4n) is 4.41. The molecule has 0 bridgehead atoms. The maximum Gasteiger partial charge on any atom is 0.510 e. The molecule has 0 spiro atoms. The van der Waals surface area contributed by atoms with Crippen LogP contribution in [0.2, 0.25) is 0 Å². The lowest BCUT2D eigenvalue weighted by molar-refractivity contribution is -0.175. The van der Waals surface area contributed by atoms with Crippen LogP contribution in [0.15, 0.2) is 25.3 Å². The Morgan fingerprint density at radius 3 is 2.34 bits per heavy atom. The summed E-state index contributed by atoms with van der Waals surface area (Å²) in [6, 6.07) is 0. The lowest BCUT2D eigenvalue weighted by Gasteiger charge is -2.31. The topological polar surface area (TPSA) is 213 Å². The Morgan fingerprint density at radius 2 is 1.77 bits per heavy atom. The van der Waals surface area contributed by atoms with Gasteiger partial charge in [-0.1, -0.05) is 12.7 Å². The number of nitrogens with two attached hydrogens (primary N) is 1. The van der Waals surface area contributed by atoms with Crippen LogP contribution in [0.3, 0.4) is 0 Å². The minimum atomic E-state index is -4.79. The lowest BCUT2D eigenvalue weighted by Crippen LogP contribution is -2.51. The fraction of sp³-hybridized carbons (Fsp3) is 0.625. The van der Waals surface area contributed by atoms with Crippen LogP contribution in [-0.4, -0.2) is 95.0 Å². The molecule has 4 atom stereocenters. The normalized spacial score (nSPS) is 24.9. The van der Waals surface area contributed by atoms with Gasteiger partial charge in [-0.15, -0.1) is 0 Å².